The lowest BCUT2D eigenvalue weighted by molar-refractivity contribution is 0.103. The molecule has 2 aromatic heterocycles. The number of carbonyl (C=O) groups is 1. The number of nitrogens with zero attached hydrogens (tertiary/aromatic N) is 2. The minimum absolute atomic E-state index is 0.0796. The second kappa shape index (κ2) is 9.50. The van der Waals surface area contributed by atoms with E-state index in [9.17, 15) is 4.79 Å². The Hall–Kier alpha value is -5.15. The van der Waals surface area contributed by atoms with Gasteiger partial charge in [-0.15, -0.1) is 0 Å². The average molecular weight is 529 g/mol. The Morgan fingerprint density at radius 3 is 2.22 bits per heavy atom. The molecule has 0 radical (unpaired) electrons. The van der Waals surface area contributed by atoms with Gasteiger partial charge in [0.2, 0.25) is 0 Å². The van der Waals surface area contributed by atoms with Crippen molar-refractivity contribution in [3.63, 3.8) is 0 Å². The lowest BCUT2D eigenvalue weighted by Gasteiger charge is -2.13. The van der Waals surface area contributed by atoms with Crippen LogP contribution in [-0.2, 0) is 6.42 Å². The molecule has 3 heteroatoms. The first-order valence-corrected chi connectivity index (χ1v) is 14.3. The predicted molar refractivity (Wildman–Crippen MR) is 170 cm³/mol. The molecule has 3 nitrogen and oxygen atoms in total. The van der Waals surface area contributed by atoms with E-state index in [0.29, 0.717) is 12.0 Å². The maximum atomic E-state index is 13.2. The van der Waals surface area contributed by atoms with E-state index in [4.69, 9.17) is 0 Å². The number of benzene rings is 4. The van der Waals surface area contributed by atoms with Crippen molar-refractivity contribution >= 4 is 44.6 Å². The number of hydrogen-bond donors (Lipinski definition) is 0. The number of aromatic nitrogens is 2. The monoisotopic (exact) mass is 528 g/mol. The number of carbonyl (C=O) groups excluding carboxylic acids is 1. The highest BCUT2D eigenvalue weighted by atomic mass is 16.1. The van der Waals surface area contributed by atoms with Crippen LogP contribution < -0.4 is 0 Å². The van der Waals surface area contributed by atoms with Gasteiger partial charge in [-0.3, -0.25) is 4.79 Å². The molecular formula is C38H28N2O. The molecule has 0 unspecified atom stereocenters. The maximum absolute atomic E-state index is 13.2. The second-order valence-electron chi connectivity index (χ2n) is 10.8. The molecule has 0 saturated carbocycles. The van der Waals surface area contributed by atoms with Gasteiger partial charge < -0.3 is 9.13 Å². The van der Waals surface area contributed by atoms with E-state index in [-0.39, 0.29) is 5.78 Å². The van der Waals surface area contributed by atoms with Crippen molar-refractivity contribution in [1.29, 1.82) is 0 Å². The van der Waals surface area contributed by atoms with E-state index < -0.39 is 0 Å². The highest BCUT2D eigenvalue weighted by molar-refractivity contribution is 6.11. The summed E-state index contributed by atoms with van der Waals surface area (Å²) < 4.78 is 4.72. The summed E-state index contributed by atoms with van der Waals surface area (Å²) in [6.07, 6.45) is 17.2. The summed E-state index contributed by atoms with van der Waals surface area (Å²) in [5, 5.41) is 3.77. The average Bonchev–Trinajstić information content (AvgIpc) is 3.38. The Morgan fingerprint density at radius 1 is 0.634 bits per heavy atom. The molecule has 0 fully saturated rings. The van der Waals surface area contributed by atoms with Crippen molar-refractivity contribution in [3.05, 3.63) is 150 Å². The lowest BCUT2D eigenvalue weighted by Crippen LogP contribution is -2.03. The normalized spacial score (nSPS) is 14.5. The Labute approximate surface area is 238 Å². The van der Waals surface area contributed by atoms with Crippen LogP contribution in [0.15, 0.2) is 133 Å². The molecule has 0 amide bonds. The van der Waals surface area contributed by atoms with E-state index in [0.717, 1.165) is 35.1 Å². The molecule has 0 aliphatic heterocycles. The summed E-state index contributed by atoms with van der Waals surface area (Å²) in [6, 6.07) is 32.2. The van der Waals surface area contributed by atoms with E-state index in [1.807, 2.05) is 42.5 Å². The molecule has 2 heterocycles. The number of hydrogen-bond acceptors (Lipinski definition) is 1. The Bertz CT molecular complexity index is 2130. The van der Waals surface area contributed by atoms with Crippen molar-refractivity contribution in [2.45, 2.75) is 19.3 Å². The molecule has 8 rings (SSSR count). The van der Waals surface area contributed by atoms with Gasteiger partial charge in [-0.25, -0.2) is 0 Å². The Balaban J connectivity index is 1.27. The van der Waals surface area contributed by atoms with Crippen molar-refractivity contribution in [2.24, 2.45) is 0 Å². The zero-order valence-corrected chi connectivity index (χ0v) is 22.6. The van der Waals surface area contributed by atoms with Gasteiger partial charge in [-0.1, -0.05) is 72.9 Å². The van der Waals surface area contributed by atoms with Gasteiger partial charge in [0.25, 0.3) is 0 Å². The maximum Gasteiger partial charge on any atom is 0.189 e. The largest absolute Gasteiger partial charge is 0.310 e. The highest BCUT2D eigenvalue weighted by Crippen LogP contribution is 2.37. The van der Waals surface area contributed by atoms with Crippen molar-refractivity contribution in [2.75, 3.05) is 0 Å². The molecule has 6 aromatic rings. The fraction of sp³-hybridized carbons (Fsp3) is 0.0789. The first-order chi connectivity index (χ1) is 20.3. The van der Waals surface area contributed by atoms with Crippen LogP contribution >= 0.6 is 0 Å². The van der Waals surface area contributed by atoms with Gasteiger partial charge in [0.05, 0.1) is 16.6 Å². The second-order valence-corrected chi connectivity index (χ2v) is 10.8. The lowest BCUT2D eigenvalue weighted by atomic mass is 10.0. The molecule has 0 spiro atoms. The molecule has 0 atom stereocenters. The summed E-state index contributed by atoms with van der Waals surface area (Å²) >= 11 is 0. The smallest absolute Gasteiger partial charge is 0.189 e. The summed E-state index contributed by atoms with van der Waals surface area (Å²) in [5.41, 5.74) is 10.0. The van der Waals surface area contributed by atoms with Gasteiger partial charge in [0.1, 0.15) is 0 Å². The van der Waals surface area contributed by atoms with E-state index >= 15 is 0 Å². The SMILES string of the molecule is O=C(C1=CC=CC=CC1)c1ccc(-n2c3ccccc3c3cc(-n4c5c(c6ccccc64)CCC=C5)ccc32)cc1. The van der Waals surface area contributed by atoms with Crippen LogP contribution in [0.1, 0.15) is 34.5 Å². The van der Waals surface area contributed by atoms with E-state index in [2.05, 4.69) is 100 Å². The van der Waals surface area contributed by atoms with Crippen LogP contribution in [0.5, 0.6) is 0 Å². The number of rotatable bonds is 4. The van der Waals surface area contributed by atoms with Crippen LogP contribution in [0.3, 0.4) is 0 Å². The predicted octanol–water partition coefficient (Wildman–Crippen LogP) is 9.31. The van der Waals surface area contributed by atoms with Crippen molar-refractivity contribution in [1.82, 2.24) is 9.13 Å². The topological polar surface area (TPSA) is 26.9 Å². The molecular weight excluding hydrogens is 500 g/mol. The first-order valence-electron chi connectivity index (χ1n) is 14.3. The molecule has 0 saturated heterocycles. The van der Waals surface area contributed by atoms with Crippen LogP contribution in [-0.4, -0.2) is 14.9 Å². The molecule has 4 aromatic carbocycles. The molecule has 0 bridgehead atoms. The third-order valence-electron chi connectivity index (χ3n) is 8.44. The van der Waals surface area contributed by atoms with Gasteiger partial charge in [0, 0.05) is 44.4 Å². The third kappa shape index (κ3) is 3.77. The number of ketones is 1. The van der Waals surface area contributed by atoms with Crippen molar-refractivity contribution in [3.8, 4) is 11.4 Å². The molecule has 41 heavy (non-hydrogen) atoms. The highest BCUT2D eigenvalue weighted by Gasteiger charge is 2.20. The van der Waals surface area contributed by atoms with Gasteiger partial charge in [0.15, 0.2) is 5.78 Å². The summed E-state index contributed by atoms with van der Waals surface area (Å²) in [5.74, 6) is 0.0796. The minimum atomic E-state index is 0.0796. The Morgan fingerprint density at radius 2 is 1.37 bits per heavy atom. The zero-order valence-electron chi connectivity index (χ0n) is 22.6. The van der Waals surface area contributed by atoms with Crippen LogP contribution in [0.4, 0.5) is 0 Å². The third-order valence-corrected chi connectivity index (χ3v) is 8.44. The standard InChI is InChI=1S/C38H28N2O/c41-38(26-11-3-1-2-4-12-26)27-19-21-28(22-20-27)39-36-18-10-7-15-32(36)33-25-29(23-24-37(33)39)40-34-16-8-5-13-30(34)31-14-6-9-17-35(31)40/h1-5,7-11,13,15-25H,6,12,14H2. The van der Waals surface area contributed by atoms with Crippen LogP contribution in [0.25, 0.3) is 50.2 Å². The number of Topliss-reactive ketones (excluding diaryl/α,β-unsaturated/α-hetero) is 1. The molecule has 196 valence electrons. The van der Waals surface area contributed by atoms with E-state index in [1.54, 1.807) is 0 Å². The van der Waals surface area contributed by atoms with E-state index in [1.165, 1.54) is 38.6 Å². The fourth-order valence-corrected chi connectivity index (χ4v) is 6.54. The quantitative estimate of drug-likeness (QED) is 0.209. The molecule has 0 N–H and O–H groups in total. The summed E-state index contributed by atoms with van der Waals surface area (Å²) in [6.45, 7) is 0. The van der Waals surface area contributed by atoms with Crippen LogP contribution in [0, 0.1) is 0 Å². The molecule has 2 aliphatic rings. The van der Waals surface area contributed by atoms with Gasteiger partial charge in [-0.2, -0.15) is 0 Å². The Kier molecular flexibility index (Phi) is 5.49. The van der Waals surface area contributed by atoms with Gasteiger partial charge in [-0.05, 0) is 85.5 Å². The van der Waals surface area contributed by atoms with Gasteiger partial charge >= 0.3 is 0 Å². The fourth-order valence-electron chi connectivity index (χ4n) is 6.54. The summed E-state index contributed by atoms with van der Waals surface area (Å²) in [4.78, 5) is 13.2. The van der Waals surface area contributed by atoms with Crippen LogP contribution in [0.2, 0.25) is 0 Å². The summed E-state index contributed by atoms with van der Waals surface area (Å²) in [7, 11) is 0. The molecule has 2 aliphatic carbocycles. The zero-order chi connectivity index (χ0) is 27.3. The number of para-hydroxylation sites is 2. The van der Waals surface area contributed by atoms with Crippen molar-refractivity contribution < 1.29 is 4.79 Å². The number of aryl methyl sites for hydroxylation is 1. The first kappa shape index (κ1) is 23.7. The minimum Gasteiger partial charge on any atom is -0.310 e. The number of allylic oxidation sites excluding steroid dienone is 7. The number of fused-ring (bicyclic) bond motifs is 6.